The molecule has 2 aromatic carbocycles. The number of hydrogen-bond donors (Lipinski definition) is 2. The second-order valence-corrected chi connectivity index (χ2v) is 13.0. The molecule has 3 amide bonds. The maximum atomic E-state index is 13.8. The van der Waals surface area contributed by atoms with Gasteiger partial charge in [0.1, 0.15) is 12.4 Å². The molecule has 194 valence electrons. The van der Waals surface area contributed by atoms with Gasteiger partial charge in [0, 0.05) is 26.8 Å². The quantitative estimate of drug-likeness (QED) is 0.455. The highest BCUT2D eigenvalue weighted by atomic mass is 35.5. The molecule has 7 rings (SSSR count). The van der Waals surface area contributed by atoms with Crippen molar-refractivity contribution in [2.75, 3.05) is 11.9 Å². The number of anilines is 1. The third-order valence-corrected chi connectivity index (χ3v) is 11.3. The van der Waals surface area contributed by atoms with Gasteiger partial charge in [-0.2, -0.15) is 0 Å². The van der Waals surface area contributed by atoms with Crippen molar-refractivity contribution in [3.8, 4) is 0 Å². The van der Waals surface area contributed by atoms with Gasteiger partial charge in [-0.15, -0.1) is 11.8 Å². The molecule has 2 aliphatic heterocycles. The number of thioether (sulfide) groups is 1. The number of carbonyl (C=O) groups excluding carboxylic acids is 3. The van der Waals surface area contributed by atoms with E-state index in [0.717, 1.165) is 38.1 Å². The monoisotopic (exact) mass is 569 g/mol. The Morgan fingerprint density at radius 2 is 1.71 bits per heavy atom. The first-order chi connectivity index (χ1) is 18.3. The molecular weight excluding hydrogens is 549 g/mol. The molecule has 2 bridgehead atoms. The van der Waals surface area contributed by atoms with Crippen LogP contribution in [0.2, 0.25) is 5.02 Å². The number of halogens is 2. The van der Waals surface area contributed by atoms with E-state index in [0.29, 0.717) is 10.7 Å². The summed E-state index contributed by atoms with van der Waals surface area (Å²) in [6.45, 7) is -0.336. The van der Waals surface area contributed by atoms with Crippen LogP contribution >= 0.6 is 34.7 Å². The number of aromatic nitrogens is 1. The van der Waals surface area contributed by atoms with Crippen LogP contribution in [-0.4, -0.2) is 39.4 Å². The number of rotatable bonds is 4. The number of H-pyrrole nitrogens is 1. The molecule has 2 saturated carbocycles. The molecule has 2 aliphatic carbocycles. The average Bonchev–Trinajstić information content (AvgIpc) is 3.62. The van der Waals surface area contributed by atoms with Crippen LogP contribution in [0.3, 0.4) is 0 Å². The van der Waals surface area contributed by atoms with Crippen LogP contribution in [0, 0.1) is 35.4 Å². The number of fused-ring (bicyclic) bond motifs is 9. The zero-order valence-corrected chi connectivity index (χ0v) is 22.1. The first-order valence-electron chi connectivity index (χ1n) is 12.4. The molecular formula is C27H21ClFN3O4S2. The number of thiazole rings is 1. The van der Waals surface area contributed by atoms with E-state index in [4.69, 9.17) is 11.6 Å². The topological polar surface area (TPSA) is 99.3 Å². The maximum Gasteiger partial charge on any atom is 0.305 e. The van der Waals surface area contributed by atoms with Gasteiger partial charge in [-0.3, -0.25) is 24.1 Å². The lowest BCUT2D eigenvalue weighted by molar-refractivity contribution is -0.143. The van der Waals surface area contributed by atoms with Gasteiger partial charge in [0.15, 0.2) is 0 Å². The van der Waals surface area contributed by atoms with Gasteiger partial charge in [0.05, 0.1) is 16.9 Å². The van der Waals surface area contributed by atoms with Gasteiger partial charge in [-0.25, -0.2) is 4.39 Å². The first kappa shape index (κ1) is 24.1. The lowest BCUT2D eigenvalue weighted by atomic mass is 9.68. The van der Waals surface area contributed by atoms with Crippen LogP contribution in [-0.2, 0) is 14.4 Å². The number of likely N-dealkylation sites (tertiary alicyclic amines) is 1. The smallest absolute Gasteiger partial charge is 0.305 e. The van der Waals surface area contributed by atoms with Crippen LogP contribution in [0.15, 0.2) is 58.4 Å². The van der Waals surface area contributed by atoms with Crippen LogP contribution in [0.5, 0.6) is 0 Å². The van der Waals surface area contributed by atoms with Gasteiger partial charge < -0.3 is 10.3 Å². The fourth-order valence-electron chi connectivity index (χ4n) is 7.16. The minimum Gasteiger partial charge on any atom is -0.325 e. The molecule has 3 heterocycles. The lowest BCUT2D eigenvalue weighted by Gasteiger charge is -2.43. The molecule has 1 saturated heterocycles. The summed E-state index contributed by atoms with van der Waals surface area (Å²) in [7, 11) is 0. The van der Waals surface area contributed by atoms with Crippen LogP contribution < -0.4 is 10.2 Å². The van der Waals surface area contributed by atoms with Gasteiger partial charge in [-0.05, 0) is 66.1 Å². The average molecular weight is 570 g/mol. The highest BCUT2D eigenvalue weighted by Gasteiger charge is 2.69. The Bertz CT molecular complexity index is 1540. The number of carbonyl (C=O) groups is 3. The van der Waals surface area contributed by atoms with E-state index >= 15 is 0 Å². The molecule has 6 unspecified atom stereocenters. The van der Waals surface area contributed by atoms with E-state index in [1.54, 1.807) is 48.2 Å². The number of imide groups is 1. The number of nitrogens with zero attached hydrogens (tertiary/aromatic N) is 1. The molecule has 0 radical (unpaired) electrons. The van der Waals surface area contributed by atoms with E-state index < -0.39 is 17.7 Å². The summed E-state index contributed by atoms with van der Waals surface area (Å²) in [5.41, 5.74) is 1.43. The molecule has 1 aromatic heterocycles. The van der Waals surface area contributed by atoms with Crippen molar-refractivity contribution in [1.82, 2.24) is 9.88 Å². The van der Waals surface area contributed by atoms with Crippen LogP contribution in [0.4, 0.5) is 10.1 Å². The van der Waals surface area contributed by atoms with E-state index in [2.05, 4.69) is 10.3 Å². The van der Waals surface area contributed by atoms with Crippen molar-refractivity contribution in [2.45, 2.75) is 22.6 Å². The number of aromatic amines is 1. The minimum atomic E-state index is -0.488. The summed E-state index contributed by atoms with van der Waals surface area (Å²) in [6.07, 6.45) is 0.747. The fourth-order valence-corrected chi connectivity index (χ4v) is 10.2. The Hall–Kier alpha value is -2.95. The standard InChI is InChI=1S/C27H21ClFN3O4S2/c28-12-3-7-14(8-4-12)30-17(33)10-32-25(34)20-15-9-16(21(20)26(32)35)22-19(15)18(11-1-5-13(29)6-2-11)23-24(37-22)31-27(36)38-23/h1-8,15-16,18-22H,9-10H2,(H,30,33)(H,31,36)/t15?,16?,18-,19?,20?,21?,22?/m1/s1. The maximum absolute atomic E-state index is 13.8. The van der Waals surface area contributed by atoms with Crippen LogP contribution in [0.25, 0.3) is 0 Å². The Morgan fingerprint density at radius 3 is 2.42 bits per heavy atom. The van der Waals surface area contributed by atoms with Crippen molar-refractivity contribution in [3.05, 3.63) is 79.5 Å². The van der Waals surface area contributed by atoms with Crippen molar-refractivity contribution < 1.29 is 18.8 Å². The predicted molar refractivity (Wildman–Crippen MR) is 142 cm³/mol. The summed E-state index contributed by atoms with van der Waals surface area (Å²) in [4.78, 5) is 57.1. The van der Waals surface area contributed by atoms with E-state index in [1.165, 1.54) is 12.1 Å². The van der Waals surface area contributed by atoms with Gasteiger partial charge in [0.2, 0.25) is 17.7 Å². The number of hydrogen-bond acceptors (Lipinski definition) is 6. The van der Waals surface area contributed by atoms with Crippen LogP contribution in [0.1, 0.15) is 22.8 Å². The van der Waals surface area contributed by atoms with Gasteiger partial charge in [0.25, 0.3) is 0 Å². The summed E-state index contributed by atoms with van der Waals surface area (Å²) >= 11 is 8.66. The lowest BCUT2D eigenvalue weighted by Crippen LogP contribution is -2.42. The second-order valence-electron chi connectivity index (χ2n) is 10.3. The number of benzene rings is 2. The van der Waals surface area contributed by atoms with Gasteiger partial charge in [-0.1, -0.05) is 35.1 Å². The third-order valence-electron chi connectivity index (χ3n) is 8.47. The number of amides is 3. The Kier molecular flexibility index (Phi) is 5.58. The Morgan fingerprint density at radius 1 is 1.03 bits per heavy atom. The normalized spacial score (nSPS) is 30.8. The molecule has 2 N–H and O–H groups in total. The van der Waals surface area contributed by atoms with Crippen molar-refractivity contribution >= 4 is 58.1 Å². The Labute approximate surface area is 229 Å². The zero-order valence-electron chi connectivity index (χ0n) is 19.7. The summed E-state index contributed by atoms with van der Waals surface area (Å²) in [5, 5.41) is 4.10. The van der Waals surface area contributed by atoms with E-state index in [-0.39, 0.29) is 58.0 Å². The highest BCUT2D eigenvalue weighted by molar-refractivity contribution is 8.00. The first-order valence-corrected chi connectivity index (χ1v) is 14.4. The van der Waals surface area contributed by atoms with E-state index in [9.17, 15) is 23.6 Å². The second kappa shape index (κ2) is 8.79. The molecule has 38 heavy (non-hydrogen) atoms. The largest absolute Gasteiger partial charge is 0.325 e. The molecule has 11 heteroatoms. The summed E-state index contributed by atoms with van der Waals surface area (Å²) in [6, 6.07) is 12.9. The molecule has 7 nitrogen and oxygen atoms in total. The molecule has 4 aliphatic rings. The molecule has 7 atom stereocenters. The summed E-state index contributed by atoms with van der Waals surface area (Å²) < 4.78 is 13.8. The fraction of sp³-hybridized carbons (Fsp3) is 0.333. The Balaban J connectivity index is 1.19. The number of nitrogens with one attached hydrogen (secondary N) is 2. The minimum absolute atomic E-state index is 0.0234. The zero-order chi connectivity index (χ0) is 26.3. The molecule has 3 fully saturated rings. The molecule has 0 spiro atoms. The summed E-state index contributed by atoms with van der Waals surface area (Å²) in [5.74, 6) is -2.58. The van der Waals surface area contributed by atoms with Gasteiger partial charge >= 0.3 is 4.87 Å². The third kappa shape index (κ3) is 3.60. The predicted octanol–water partition coefficient (Wildman–Crippen LogP) is 4.34. The van der Waals surface area contributed by atoms with E-state index in [1.807, 2.05) is 0 Å². The highest BCUT2D eigenvalue weighted by Crippen LogP contribution is 2.68. The molecule has 3 aromatic rings. The SMILES string of the molecule is O=C(CN1C(=O)C2C3CC(C2C1=O)C1C3Sc2[nH]c(=O)sc2[C@@H]1c1ccc(F)cc1)Nc1ccc(Cl)cc1. The van der Waals surface area contributed by atoms with Crippen molar-refractivity contribution in [2.24, 2.45) is 29.6 Å². The van der Waals surface area contributed by atoms with Crippen molar-refractivity contribution in [1.29, 1.82) is 0 Å². The van der Waals surface area contributed by atoms with Crippen molar-refractivity contribution in [3.63, 3.8) is 0 Å².